The van der Waals surface area contributed by atoms with E-state index in [1.165, 1.54) is 23.1 Å². The fourth-order valence-corrected chi connectivity index (χ4v) is 5.06. The number of aryl methyl sites for hydroxylation is 1. The number of rotatable bonds is 6. The number of halogens is 1. The van der Waals surface area contributed by atoms with Crippen molar-refractivity contribution in [3.63, 3.8) is 0 Å². The fraction of sp³-hybridized carbons (Fsp3) is 0.0870. The average molecular weight is 512 g/mol. The third kappa shape index (κ3) is 5.72. The Labute approximate surface area is 196 Å². The monoisotopic (exact) mass is 511 g/mol. The van der Waals surface area contributed by atoms with Gasteiger partial charge >= 0.3 is 0 Å². The van der Waals surface area contributed by atoms with Gasteiger partial charge in [-0.15, -0.1) is 11.3 Å². The number of anilines is 2. The average Bonchev–Trinajstić information content (AvgIpc) is 3.16. The van der Waals surface area contributed by atoms with Crippen LogP contribution >= 0.6 is 39.0 Å². The molecule has 1 aromatic heterocycles. The molecule has 0 saturated carbocycles. The Morgan fingerprint density at radius 3 is 2.55 bits per heavy atom. The number of fused-ring (bicyclic) bond motifs is 1. The zero-order valence-electron chi connectivity index (χ0n) is 16.5. The fourth-order valence-electron chi connectivity index (χ4n) is 2.89. The minimum absolute atomic E-state index is 0.0855. The molecule has 0 aliphatic rings. The van der Waals surface area contributed by atoms with E-state index in [2.05, 4.69) is 31.5 Å². The van der Waals surface area contributed by atoms with Gasteiger partial charge in [-0.3, -0.25) is 9.59 Å². The number of carbonyl (C=O) groups is 2. The molecule has 0 bridgehead atoms. The molecule has 0 saturated heterocycles. The first-order valence-electron chi connectivity index (χ1n) is 9.43. The van der Waals surface area contributed by atoms with E-state index in [4.69, 9.17) is 0 Å². The van der Waals surface area contributed by atoms with Crippen molar-refractivity contribution in [3.8, 4) is 0 Å². The molecule has 0 aliphatic heterocycles. The van der Waals surface area contributed by atoms with Crippen LogP contribution in [0.15, 0.2) is 75.5 Å². The van der Waals surface area contributed by atoms with Crippen LogP contribution < -0.4 is 10.6 Å². The van der Waals surface area contributed by atoms with Gasteiger partial charge in [0.05, 0.1) is 16.0 Å². The Balaban J connectivity index is 1.38. The first kappa shape index (κ1) is 21.5. The summed E-state index contributed by atoms with van der Waals surface area (Å²) in [6.07, 6.45) is 0. The molecule has 0 spiro atoms. The topological polar surface area (TPSA) is 71.1 Å². The lowest BCUT2D eigenvalue weighted by Gasteiger charge is -2.05. The second-order valence-corrected chi connectivity index (χ2v) is 10.00. The second-order valence-electron chi connectivity index (χ2n) is 6.83. The van der Waals surface area contributed by atoms with Gasteiger partial charge in [0.2, 0.25) is 5.91 Å². The first-order valence-corrected chi connectivity index (χ1v) is 12.0. The summed E-state index contributed by atoms with van der Waals surface area (Å²) in [4.78, 5) is 29.3. The van der Waals surface area contributed by atoms with Gasteiger partial charge < -0.3 is 10.6 Å². The van der Waals surface area contributed by atoms with Crippen LogP contribution in [-0.2, 0) is 4.79 Å². The van der Waals surface area contributed by atoms with Gasteiger partial charge in [-0.1, -0.05) is 45.4 Å². The maximum atomic E-state index is 12.5. The number of hydrogen-bond acceptors (Lipinski definition) is 5. The normalized spacial score (nSPS) is 10.8. The number of thioether (sulfide) groups is 1. The van der Waals surface area contributed by atoms with E-state index in [0.717, 1.165) is 30.3 Å². The summed E-state index contributed by atoms with van der Waals surface area (Å²) < 4.78 is 2.73. The minimum Gasteiger partial charge on any atom is -0.325 e. The molecule has 0 aliphatic carbocycles. The number of nitrogens with one attached hydrogen (secondary N) is 2. The van der Waals surface area contributed by atoms with Crippen LogP contribution in [0.5, 0.6) is 0 Å². The maximum absolute atomic E-state index is 12.5. The van der Waals surface area contributed by atoms with Crippen LogP contribution in [0.25, 0.3) is 10.2 Å². The molecule has 4 rings (SSSR count). The number of hydrogen-bond donors (Lipinski definition) is 2. The van der Waals surface area contributed by atoms with Crippen molar-refractivity contribution in [1.29, 1.82) is 0 Å². The van der Waals surface area contributed by atoms with Crippen molar-refractivity contribution >= 4 is 72.4 Å². The van der Waals surface area contributed by atoms with Crippen LogP contribution in [0, 0.1) is 6.92 Å². The zero-order valence-corrected chi connectivity index (χ0v) is 19.7. The highest BCUT2D eigenvalue weighted by Gasteiger charge is 2.11. The molecule has 1 heterocycles. The van der Waals surface area contributed by atoms with E-state index < -0.39 is 0 Å². The maximum Gasteiger partial charge on any atom is 0.255 e. The number of carbonyl (C=O) groups excluding carboxylic acids is 2. The Kier molecular flexibility index (Phi) is 6.70. The molecule has 2 amide bonds. The molecule has 31 heavy (non-hydrogen) atoms. The number of nitrogens with zero attached hydrogens (tertiary/aromatic N) is 1. The Hall–Kier alpha value is -2.68. The highest BCUT2D eigenvalue weighted by atomic mass is 79.9. The Morgan fingerprint density at radius 1 is 1.00 bits per heavy atom. The zero-order chi connectivity index (χ0) is 21.8. The van der Waals surface area contributed by atoms with Crippen LogP contribution in [0.1, 0.15) is 15.9 Å². The molecule has 0 radical (unpaired) electrons. The molecule has 0 atom stereocenters. The van der Waals surface area contributed by atoms with Gasteiger partial charge in [0.15, 0.2) is 4.34 Å². The summed E-state index contributed by atoms with van der Waals surface area (Å²) in [7, 11) is 0. The molecule has 156 valence electrons. The van der Waals surface area contributed by atoms with Crippen LogP contribution in [-0.4, -0.2) is 22.6 Å². The van der Waals surface area contributed by atoms with Gasteiger partial charge in [0.25, 0.3) is 5.91 Å². The molecule has 3 aromatic carbocycles. The lowest BCUT2D eigenvalue weighted by molar-refractivity contribution is -0.113. The van der Waals surface area contributed by atoms with Crippen LogP contribution in [0.3, 0.4) is 0 Å². The highest BCUT2D eigenvalue weighted by molar-refractivity contribution is 9.10. The lowest BCUT2D eigenvalue weighted by atomic mass is 10.1. The quantitative estimate of drug-likeness (QED) is 0.296. The van der Waals surface area contributed by atoms with E-state index in [9.17, 15) is 9.59 Å². The molecule has 8 heteroatoms. The van der Waals surface area contributed by atoms with E-state index in [0.29, 0.717) is 11.3 Å². The Bertz CT molecular complexity index is 1260. The molecular weight excluding hydrogens is 494 g/mol. The van der Waals surface area contributed by atoms with Crippen molar-refractivity contribution in [2.45, 2.75) is 11.3 Å². The summed E-state index contributed by atoms with van der Waals surface area (Å²) in [5.41, 5.74) is 3.97. The molecule has 4 aromatic rings. The summed E-state index contributed by atoms with van der Waals surface area (Å²) in [6.45, 7) is 1.96. The number of aromatic nitrogens is 1. The van der Waals surface area contributed by atoms with Crippen molar-refractivity contribution in [3.05, 3.63) is 82.3 Å². The van der Waals surface area contributed by atoms with Crippen molar-refractivity contribution in [2.75, 3.05) is 16.4 Å². The standard InChI is InChI=1S/C23H18BrN3O2S2/c1-14-3-2-4-15(11-14)22(29)26-18-9-10-19-20(12-18)31-23(27-19)30-13-21(28)25-17-7-5-16(24)6-8-17/h2-12H,13H2,1H3,(H,25,28)(H,26,29). The van der Waals surface area contributed by atoms with Crippen molar-refractivity contribution in [2.24, 2.45) is 0 Å². The summed E-state index contributed by atoms with van der Waals surface area (Å²) in [5.74, 6) is 0.0387. The molecule has 0 fully saturated rings. The third-order valence-electron chi connectivity index (χ3n) is 4.36. The lowest BCUT2D eigenvalue weighted by Crippen LogP contribution is -2.13. The summed E-state index contributed by atoms with van der Waals surface area (Å²) in [6, 6.07) is 20.5. The minimum atomic E-state index is -0.147. The van der Waals surface area contributed by atoms with E-state index in [-0.39, 0.29) is 17.6 Å². The van der Waals surface area contributed by atoms with E-state index in [1.54, 1.807) is 6.07 Å². The van der Waals surface area contributed by atoms with Gasteiger partial charge in [-0.25, -0.2) is 4.98 Å². The number of benzene rings is 3. The Morgan fingerprint density at radius 2 is 1.77 bits per heavy atom. The van der Waals surface area contributed by atoms with Crippen LogP contribution in [0.2, 0.25) is 0 Å². The SMILES string of the molecule is Cc1cccc(C(=O)Nc2ccc3nc(SCC(=O)Nc4ccc(Br)cc4)sc3c2)c1. The molecule has 2 N–H and O–H groups in total. The summed E-state index contributed by atoms with van der Waals surface area (Å²) >= 11 is 6.27. The number of amides is 2. The molecule has 0 unspecified atom stereocenters. The van der Waals surface area contributed by atoms with Gasteiger partial charge in [-0.2, -0.15) is 0 Å². The van der Waals surface area contributed by atoms with Crippen LogP contribution in [0.4, 0.5) is 11.4 Å². The predicted molar refractivity (Wildman–Crippen MR) is 132 cm³/mol. The number of thiazole rings is 1. The second kappa shape index (κ2) is 9.64. The van der Waals surface area contributed by atoms with Crippen molar-refractivity contribution in [1.82, 2.24) is 4.98 Å². The molecular formula is C23H18BrN3O2S2. The third-order valence-corrected chi connectivity index (χ3v) is 7.05. The first-order chi connectivity index (χ1) is 15.0. The largest absolute Gasteiger partial charge is 0.325 e. The van der Waals surface area contributed by atoms with Crippen molar-refractivity contribution < 1.29 is 9.59 Å². The van der Waals surface area contributed by atoms with Gasteiger partial charge in [0, 0.05) is 21.4 Å². The van der Waals surface area contributed by atoms with E-state index in [1.807, 2.05) is 67.6 Å². The van der Waals surface area contributed by atoms with Gasteiger partial charge in [0.1, 0.15) is 0 Å². The van der Waals surface area contributed by atoms with E-state index >= 15 is 0 Å². The summed E-state index contributed by atoms with van der Waals surface area (Å²) in [5, 5.41) is 5.81. The smallest absolute Gasteiger partial charge is 0.255 e. The van der Waals surface area contributed by atoms with Gasteiger partial charge in [-0.05, 0) is 61.5 Å². The highest BCUT2D eigenvalue weighted by Crippen LogP contribution is 2.31. The predicted octanol–water partition coefficient (Wildman–Crippen LogP) is 6.35. The molecule has 5 nitrogen and oxygen atoms in total.